The van der Waals surface area contributed by atoms with E-state index in [1.807, 2.05) is 18.7 Å². The van der Waals surface area contributed by atoms with Gasteiger partial charge in [-0.3, -0.25) is 5.32 Å². The van der Waals surface area contributed by atoms with Crippen LogP contribution in [-0.4, -0.2) is 35.8 Å². The van der Waals surface area contributed by atoms with E-state index in [0.29, 0.717) is 11.4 Å². The summed E-state index contributed by atoms with van der Waals surface area (Å²) in [4.78, 5) is 0. The summed E-state index contributed by atoms with van der Waals surface area (Å²) in [6.45, 7) is 8.07. The van der Waals surface area contributed by atoms with E-state index >= 15 is 0 Å². The molecule has 0 spiro atoms. The van der Waals surface area contributed by atoms with Crippen molar-refractivity contribution < 1.29 is 4.74 Å². The molecule has 0 saturated carbocycles. The molecule has 3 nitrogen and oxygen atoms in total. The summed E-state index contributed by atoms with van der Waals surface area (Å²) >= 11 is 1.95. The third kappa shape index (κ3) is 4.87. The Hall–Kier alpha value is -0.240. The largest absolute Gasteiger partial charge is 0.377 e. The van der Waals surface area contributed by atoms with Gasteiger partial charge in [-0.15, -0.1) is 0 Å². The summed E-state index contributed by atoms with van der Waals surface area (Å²) in [6, 6.07) is 2.39. The zero-order valence-corrected chi connectivity index (χ0v) is 12.0. The summed E-state index contributed by atoms with van der Waals surface area (Å²) in [5, 5.41) is 13.2. The fourth-order valence-electron chi connectivity index (χ4n) is 1.93. The number of rotatable bonds is 7. The highest BCUT2D eigenvalue weighted by Crippen LogP contribution is 2.27. The van der Waals surface area contributed by atoms with E-state index in [9.17, 15) is 5.26 Å². The van der Waals surface area contributed by atoms with Crippen LogP contribution in [0, 0.1) is 11.3 Å². The van der Waals surface area contributed by atoms with Gasteiger partial charge in [0, 0.05) is 11.9 Å². The van der Waals surface area contributed by atoms with Gasteiger partial charge in [0.15, 0.2) is 0 Å². The summed E-state index contributed by atoms with van der Waals surface area (Å²) in [5.74, 6) is 1.03. The zero-order valence-electron chi connectivity index (χ0n) is 11.2. The molecule has 0 aromatic carbocycles. The molecule has 3 unspecified atom stereocenters. The third-order valence-corrected chi connectivity index (χ3v) is 4.74. The Bertz CT molecular complexity index is 267. The van der Waals surface area contributed by atoms with Crippen LogP contribution in [0.15, 0.2) is 0 Å². The van der Waals surface area contributed by atoms with Crippen molar-refractivity contribution in [1.29, 1.82) is 5.26 Å². The highest BCUT2D eigenvalue weighted by Gasteiger charge is 2.27. The number of hydrogen-bond donors (Lipinski definition) is 1. The van der Waals surface area contributed by atoms with Crippen molar-refractivity contribution in [2.75, 3.05) is 18.9 Å². The lowest BCUT2D eigenvalue weighted by atomic mass is 10.0. The average molecular weight is 256 g/mol. The molecule has 1 saturated heterocycles. The molecule has 0 aliphatic carbocycles. The molecule has 0 amide bonds. The summed E-state index contributed by atoms with van der Waals surface area (Å²) in [7, 11) is 0. The first-order valence-corrected chi connectivity index (χ1v) is 7.55. The van der Waals surface area contributed by atoms with Gasteiger partial charge in [-0.05, 0) is 45.4 Å². The van der Waals surface area contributed by atoms with Crippen LogP contribution in [0.2, 0.25) is 0 Å². The van der Waals surface area contributed by atoms with Crippen molar-refractivity contribution in [3.05, 3.63) is 0 Å². The van der Waals surface area contributed by atoms with Gasteiger partial charge in [-0.1, -0.05) is 6.92 Å². The molecule has 0 radical (unpaired) electrons. The van der Waals surface area contributed by atoms with Gasteiger partial charge in [0.25, 0.3) is 0 Å². The minimum absolute atomic E-state index is 0.369. The van der Waals surface area contributed by atoms with Crippen LogP contribution in [0.3, 0.4) is 0 Å². The quantitative estimate of drug-likeness (QED) is 0.760. The molecular weight excluding hydrogens is 232 g/mol. The van der Waals surface area contributed by atoms with Crippen LogP contribution >= 0.6 is 11.8 Å². The van der Waals surface area contributed by atoms with E-state index in [2.05, 4.69) is 25.2 Å². The highest BCUT2D eigenvalue weighted by atomic mass is 32.2. The van der Waals surface area contributed by atoms with Gasteiger partial charge >= 0.3 is 0 Å². The predicted octanol–water partition coefficient (Wildman–Crippen LogP) is 2.57. The standard InChI is InChI=1S/C13H24N2OS/c1-4-7-15-13(3,10-14)6-9-17-12-5-8-16-11(12)2/h11-12,15H,4-9H2,1-3H3. The molecular formula is C13H24N2OS. The van der Waals surface area contributed by atoms with Gasteiger partial charge in [0.1, 0.15) is 5.54 Å². The Balaban J connectivity index is 2.25. The van der Waals surface area contributed by atoms with Crippen LogP contribution in [0.4, 0.5) is 0 Å². The molecule has 1 fully saturated rings. The molecule has 1 rings (SSSR count). The van der Waals surface area contributed by atoms with Gasteiger partial charge in [-0.2, -0.15) is 17.0 Å². The molecule has 1 aliphatic rings. The Kier molecular flexibility index (Phi) is 6.32. The lowest BCUT2D eigenvalue weighted by Crippen LogP contribution is -2.42. The molecule has 4 heteroatoms. The molecule has 3 atom stereocenters. The van der Waals surface area contributed by atoms with Gasteiger partial charge in [0.05, 0.1) is 12.2 Å². The maximum absolute atomic E-state index is 9.21. The maximum atomic E-state index is 9.21. The monoisotopic (exact) mass is 256 g/mol. The van der Waals surface area contributed by atoms with Crippen molar-refractivity contribution in [1.82, 2.24) is 5.32 Å². The number of nitrogens with one attached hydrogen (secondary N) is 1. The van der Waals surface area contributed by atoms with Crippen LogP contribution in [0.5, 0.6) is 0 Å². The van der Waals surface area contributed by atoms with Crippen LogP contribution < -0.4 is 5.32 Å². The molecule has 0 bridgehead atoms. The van der Waals surface area contributed by atoms with Crippen molar-refractivity contribution in [3.8, 4) is 6.07 Å². The van der Waals surface area contributed by atoms with Gasteiger partial charge in [0.2, 0.25) is 0 Å². The minimum Gasteiger partial charge on any atom is -0.377 e. The van der Waals surface area contributed by atoms with Gasteiger partial charge in [-0.25, -0.2) is 0 Å². The summed E-state index contributed by atoms with van der Waals surface area (Å²) in [5.41, 5.74) is -0.369. The molecule has 0 aromatic heterocycles. The van der Waals surface area contributed by atoms with E-state index in [0.717, 1.165) is 38.2 Å². The molecule has 98 valence electrons. The molecule has 1 N–H and O–H groups in total. The molecule has 1 heterocycles. The minimum atomic E-state index is -0.369. The molecule has 1 aliphatic heterocycles. The second-order valence-electron chi connectivity index (χ2n) is 4.89. The highest BCUT2D eigenvalue weighted by molar-refractivity contribution is 7.99. The Morgan fingerprint density at radius 2 is 2.35 bits per heavy atom. The SMILES string of the molecule is CCCNC(C)(C#N)CCSC1CCOC1C. The Morgan fingerprint density at radius 1 is 1.59 bits per heavy atom. The Morgan fingerprint density at radius 3 is 2.88 bits per heavy atom. The topological polar surface area (TPSA) is 45.0 Å². The average Bonchev–Trinajstić information content (AvgIpc) is 2.73. The molecule has 0 aromatic rings. The third-order valence-electron chi connectivity index (χ3n) is 3.25. The predicted molar refractivity (Wildman–Crippen MR) is 73.2 cm³/mol. The van der Waals surface area contributed by atoms with E-state index in [4.69, 9.17) is 4.74 Å². The fraction of sp³-hybridized carbons (Fsp3) is 0.923. The lowest BCUT2D eigenvalue weighted by Gasteiger charge is -2.24. The van der Waals surface area contributed by atoms with Gasteiger partial charge < -0.3 is 4.74 Å². The number of nitrogens with zero attached hydrogens (tertiary/aromatic N) is 1. The first-order chi connectivity index (χ1) is 8.11. The van der Waals surface area contributed by atoms with Crippen LogP contribution in [0.25, 0.3) is 0 Å². The van der Waals surface area contributed by atoms with E-state index in [1.54, 1.807) is 0 Å². The van der Waals surface area contributed by atoms with Crippen molar-refractivity contribution in [3.63, 3.8) is 0 Å². The summed E-state index contributed by atoms with van der Waals surface area (Å²) < 4.78 is 5.54. The number of thioether (sulfide) groups is 1. The zero-order chi connectivity index (χ0) is 12.7. The number of ether oxygens (including phenoxy) is 1. The smallest absolute Gasteiger partial charge is 0.104 e. The second-order valence-corrected chi connectivity index (χ2v) is 6.24. The lowest BCUT2D eigenvalue weighted by molar-refractivity contribution is 0.127. The van der Waals surface area contributed by atoms with E-state index < -0.39 is 0 Å². The second kappa shape index (κ2) is 7.25. The maximum Gasteiger partial charge on any atom is 0.104 e. The van der Waals surface area contributed by atoms with E-state index in [-0.39, 0.29) is 5.54 Å². The number of hydrogen-bond acceptors (Lipinski definition) is 4. The fourth-order valence-corrected chi connectivity index (χ4v) is 3.37. The normalized spacial score (nSPS) is 27.6. The Labute approximate surface area is 109 Å². The number of nitriles is 1. The summed E-state index contributed by atoms with van der Waals surface area (Å²) in [6.07, 6.45) is 3.49. The first kappa shape index (κ1) is 14.8. The van der Waals surface area contributed by atoms with Crippen molar-refractivity contribution in [2.45, 2.75) is 56.9 Å². The first-order valence-electron chi connectivity index (χ1n) is 6.51. The van der Waals surface area contributed by atoms with E-state index in [1.165, 1.54) is 0 Å². The molecule has 17 heavy (non-hydrogen) atoms. The van der Waals surface area contributed by atoms with Crippen molar-refractivity contribution >= 4 is 11.8 Å². The van der Waals surface area contributed by atoms with Crippen LogP contribution in [0.1, 0.15) is 40.0 Å². The van der Waals surface area contributed by atoms with Crippen molar-refractivity contribution in [2.24, 2.45) is 0 Å². The van der Waals surface area contributed by atoms with Crippen LogP contribution in [-0.2, 0) is 4.74 Å².